The summed E-state index contributed by atoms with van der Waals surface area (Å²) in [4.78, 5) is 22.3. The van der Waals surface area contributed by atoms with Gasteiger partial charge in [0.15, 0.2) is 0 Å². The number of benzene rings is 1. The van der Waals surface area contributed by atoms with Crippen LogP contribution < -0.4 is 5.32 Å². The van der Waals surface area contributed by atoms with Crippen molar-refractivity contribution in [1.82, 2.24) is 19.6 Å². The second-order valence-electron chi connectivity index (χ2n) is 5.66. The summed E-state index contributed by atoms with van der Waals surface area (Å²) in [6.45, 7) is 2.04. The molecule has 10 heteroatoms. The molecule has 2 aromatic heterocycles. The molecule has 134 valence electrons. The molecule has 1 amide bonds. The van der Waals surface area contributed by atoms with Gasteiger partial charge in [-0.25, -0.2) is 0 Å². The SMILES string of the molecule is Cc1cc([N+](=O)[O-])nn1CC(=O)Nc1cnn(Cc2cccc(Cl)c2)c1. The number of nitrogens with zero attached hydrogens (tertiary/aromatic N) is 5. The van der Waals surface area contributed by atoms with E-state index in [0.29, 0.717) is 22.9 Å². The predicted molar refractivity (Wildman–Crippen MR) is 95.0 cm³/mol. The molecular weight excluding hydrogens is 360 g/mol. The molecule has 0 fully saturated rings. The molecule has 9 nitrogen and oxygen atoms in total. The van der Waals surface area contributed by atoms with Crippen molar-refractivity contribution in [3.63, 3.8) is 0 Å². The van der Waals surface area contributed by atoms with Gasteiger partial charge in [0.1, 0.15) is 6.54 Å². The van der Waals surface area contributed by atoms with Gasteiger partial charge in [0.2, 0.25) is 5.91 Å². The zero-order chi connectivity index (χ0) is 18.7. The molecule has 3 aromatic rings. The van der Waals surface area contributed by atoms with E-state index in [1.807, 2.05) is 18.2 Å². The summed E-state index contributed by atoms with van der Waals surface area (Å²) < 4.78 is 2.95. The van der Waals surface area contributed by atoms with Crippen LogP contribution in [0.1, 0.15) is 11.3 Å². The van der Waals surface area contributed by atoms with Gasteiger partial charge in [0.25, 0.3) is 0 Å². The Morgan fingerprint density at radius 2 is 2.19 bits per heavy atom. The van der Waals surface area contributed by atoms with Crippen LogP contribution in [0.25, 0.3) is 0 Å². The number of nitro groups is 1. The van der Waals surface area contributed by atoms with E-state index in [2.05, 4.69) is 15.5 Å². The number of aryl methyl sites for hydroxylation is 1. The molecule has 2 heterocycles. The summed E-state index contributed by atoms with van der Waals surface area (Å²) in [5.74, 6) is -0.641. The van der Waals surface area contributed by atoms with E-state index < -0.39 is 4.92 Å². The number of hydrogen-bond acceptors (Lipinski definition) is 5. The number of carbonyl (C=O) groups is 1. The maximum Gasteiger partial charge on any atom is 0.390 e. The van der Waals surface area contributed by atoms with Crippen LogP contribution in [0.2, 0.25) is 5.02 Å². The molecule has 1 N–H and O–H groups in total. The van der Waals surface area contributed by atoms with Crippen LogP contribution in [0.4, 0.5) is 11.5 Å². The summed E-state index contributed by atoms with van der Waals surface area (Å²) in [6, 6.07) is 8.74. The van der Waals surface area contributed by atoms with Gasteiger partial charge in [-0.2, -0.15) is 9.78 Å². The minimum Gasteiger partial charge on any atom is -0.358 e. The van der Waals surface area contributed by atoms with Gasteiger partial charge in [-0.15, -0.1) is 0 Å². The quantitative estimate of drug-likeness (QED) is 0.527. The molecule has 0 aliphatic heterocycles. The Balaban J connectivity index is 1.62. The fourth-order valence-electron chi connectivity index (χ4n) is 2.42. The van der Waals surface area contributed by atoms with Gasteiger partial charge in [0.05, 0.1) is 35.3 Å². The van der Waals surface area contributed by atoms with Crippen molar-refractivity contribution in [1.29, 1.82) is 0 Å². The van der Waals surface area contributed by atoms with E-state index in [4.69, 9.17) is 11.6 Å². The summed E-state index contributed by atoms with van der Waals surface area (Å²) in [7, 11) is 0. The van der Waals surface area contributed by atoms with Crippen LogP contribution in [-0.2, 0) is 17.9 Å². The van der Waals surface area contributed by atoms with E-state index in [1.165, 1.54) is 16.9 Å². The van der Waals surface area contributed by atoms with Crippen molar-refractivity contribution >= 4 is 29.0 Å². The van der Waals surface area contributed by atoms with Crippen LogP contribution in [-0.4, -0.2) is 30.4 Å². The minimum absolute atomic E-state index is 0.126. The van der Waals surface area contributed by atoms with Gasteiger partial charge in [0, 0.05) is 11.2 Å². The highest BCUT2D eigenvalue weighted by molar-refractivity contribution is 6.30. The van der Waals surface area contributed by atoms with Crippen molar-refractivity contribution in [3.8, 4) is 0 Å². The average molecular weight is 375 g/mol. The Hall–Kier alpha value is -3.20. The van der Waals surface area contributed by atoms with E-state index in [-0.39, 0.29) is 18.3 Å². The van der Waals surface area contributed by atoms with E-state index in [9.17, 15) is 14.9 Å². The number of aromatic nitrogens is 4. The van der Waals surface area contributed by atoms with E-state index in [1.54, 1.807) is 23.9 Å². The third-order valence-electron chi connectivity index (χ3n) is 3.60. The Morgan fingerprint density at radius 1 is 1.38 bits per heavy atom. The molecule has 26 heavy (non-hydrogen) atoms. The van der Waals surface area contributed by atoms with Gasteiger partial charge in [-0.3, -0.25) is 9.48 Å². The standard InChI is InChI=1S/C16H15ClN6O3/c1-11-5-15(23(25)26)20-22(11)10-16(24)19-14-7-18-21(9-14)8-12-3-2-4-13(17)6-12/h2-7,9H,8,10H2,1H3,(H,19,24). The van der Waals surface area contributed by atoms with E-state index in [0.717, 1.165) is 5.56 Å². The molecule has 0 spiro atoms. The lowest BCUT2D eigenvalue weighted by atomic mass is 10.2. The monoisotopic (exact) mass is 374 g/mol. The van der Waals surface area contributed by atoms with Crippen molar-refractivity contribution < 1.29 is 9.72 Å². The number of amides is 1. The molecule has 0 bridgehead atoms. The topological polar surface area (TPSA) is 108 Å². The number of halogens is 1. The highest BCUT2D eigenvalue weighted by Gasteiger charge is 2.17. The second kappa shape index (κ2) is 7.36. The van der Waals surface area contributed by atoms with Gasteiger partial charge in [-0.05, 0) is 29.5 Å². The molecule has 0 aliphatic rings. The lowest BCUT2D eigenvalue weighted by Crippen LogP contribution is -2.20. The number of nitrogens with one attached hydrogen (secondary N) is 1. The molecule has 0 saturated heterocycles. The fourth-order valence-corrected chi connectivity index (χ4v) is 2.63. The van der Waals surface area contributed by atoms with Crippen LogP contribution in [0.15, 0.2) is 42.7 Å². The predicted octanol–water partition coefficient (Wildman–Crippen LogP) is 2.64. The maximum absolute atomic E-state index is 12.1. The second-order valence-corrected chi connectivity index (χ2v) is 6.10. The Bertz CT molecular complexity index is 965. The first-order valence-corrected chi connectivity index (χ1v) is 8.04. The number of anilines is 1. The van der Waals surface area contributed by atoms with Gasteiger partial charge >= 0.3 is 5.82 Å². The third-order valence-corrected chi connectivity index (χ3v) is 3.83. The molecule has 0 radical (unpaired) electrons. The zero-order valence-electron chi connectivity index (χ0n) is 13.8. The number of hydrogen-bond donors (Lipinski definition) is 1. The van der Waals surface area contributed by atoms with Crippen LogP contribution in [0, 0.1) is 17.0 Å². The van der Waals surface area contributed by atoms with Crippen molar-refractivity contribution in [3.05, 3.63) is 69.1 Å². The average Bonchev–Trinajstić information content (AvgIpc) is 3.14. The number of carbonyl (C=O) groups excluding carboxylic acids is 1. The molecule has 0 aliphatic carbocycles. The van der Waals surface area contributed by atoms with Crippen molar-refractivity contribution in [2.24, 2.45) is 0 Å². The number of rotatable bonds is 6. The first-order valence-electron chi connectivity index (χ1n) is 7.66. The fraction of sp³-hybridized carbons (Fsp3) is 0.188. The summed E-state index contributed by atoms with van der Waals surface area (Å²) in [5, 5.41) is 22.0. The van der Waals surface area contributed by atoms with Gasteiger partial charge in [-0.1, -0.05) is 23.7 Å². The summed E-state index contributed by atoms with van der Waals surface area (Å²) in [6.07, 6.45) is 3.22. The molecule has 3 rings (SSSR count). The zero-order valence-corrected chi connectivity index (χ0v) is 14.6. The highest BCUT2D eigenvalue weighted by atomic mass is 35.5. The largest absolute Gasteiger partial charge is 0.390 e. The summed E-state index contributed by atoms with van der Waals surface area (Å²) in [5.41, 5.74) is 2.04. The minimum atomic E-state index is -0.596. The lowest BCUT2D eigenvalue weighted by molar-refractivity contribution is -0.389. The molecule has 0 unspecified atom stereocenters. The van der Waals surface area contributed by atoms with Crippen molar-refractivity contribution in [2.75, 3.05) is 5.32 Å². The lowest BCUT2D eigenvalue weighted by Gasteiger charge is -2.03. The Labute approximate surface area is 153 Å². The highest BCUT2D eigenvalue weighted by Crippen LogP contribution is 2.14. The normalized spacial score (nSPS) is 10.7. The molecule has 0 saturated carbocycles. The third kappa shape index (κ3) is 4.25. The molecule has 1 aromatic carbocycles. The summed E-state index contributed by atoms with van der Waals surface area (Å²) >= 11 is 5.96. The first-order chi connectivity index (χ1) is 12.4. The Kier molecular flexibility index (Phi) is 4.99. The first kappa shape index (κ1) is 17.6. The van der Waals surface area contributed by atoms with Crippen LogP contribution in [0.5, 0.6) is 0 Å². The van der Waals surface area contributed by atoms with Gasteiger partial charge < -0.3 is 15.4 Å². The smallest absolute Gasteiger partial charge is 0.358 e. The van der Waals surface area contributed by atoms with Crippen LogP contribution >= 0.6 is 11.6 Å². The Morgan fingerprint density at radius 3 is 2.88 bits per heavy atom. The molecule has 0 atom stereocenters. The van der Waals surface area contributed by atoms with Crippen LogP contribution in [0.3, 0.4) is 0 Å². The molecular formula is C16H15ClN6O3. The van der Waals surface area contributed by atoms with Crippen molar-refractivity contribution in [2.45, 2.75) is 20.0 Å². The maximum atomic E-state index is 12.1. The van der Waals surface area contributed by atoms with E-state index >= 15 is 0 Å².